The van der Waals surface area contributed by atoms with E-state index in [0.29, 0.717) is 36.6 Å². The maximum Gasteiger partial charge on any atom is 0.251 e. The Kier molecular flexibility index (Phi) is 9.90. The minimum atomic E-state index is -2.64. The average molecular weight is 574 g/mol. The molecule has 0 aliphatic heterocycles. The summed E-state index contributed by atoms with van der Waals surface area (Å²) in [4.78, 5) is 21.6. The van der Waals surface area contributed by atoms with Gasteiger partial charge in [0.15, 0.2) is 17.2 Å². The standard InChI is InChI=1S/C29H31F4N5O3/c1-17(13-18-3-4-20(19(14-18)15-24(30)31)29(39)36-9-12-41-11-7-34)27-28-37-16-22(38(28)10-8-35-27)21-5-6-23(40-2)26(33)25(21)32/h3-6,8,10,14,16-17,24H,7,9,11-13,15,34H2,1-2H3,(H,36,39). The zero-order chi connectivity index (χ0) is 29.5. The minimum absolute atomic E-state index is 0.0112. The van der Waals surface area contributed by atoms with Crippen molar-refractivity contribution in [1.82, 2.24) is 19.7 Å². The second-order valence-electron chi connectivity index (χ2n) is 9.44. The summed E-state index contributed by atoms with van der Waals surface area (Å²) in [6.07, 6.45) is 1.78. The third-order valence-electron chi connectivity index (χ3n) is 6.59. The van der Waals surface area contributed by atoms with Crippen LogP contribution in [0.15, 0.2) is 48.9 Å². The lowest BCUT2D eigenvalue weighted by Gasteiger charge is -2.16. The topological polar surface area (TPSA) is 104 Å². The number of alkyl halides is 2. The molecule has 0 radical (unpaired) electrons. The monoisotopic (exact) mass is 573 g/mol. The van der Waals surface area contributed by atoms with Gasteiger partial charge in [-0.25, -0.2) is 18.2 Å². The van der Waals surface area contributed by atoms with Gasteiger partial charge in [-0.3, -0.25) is 14.2 Å². The van der Waals surface area contributed by atoms with E-state index in [1.165, 1.54) is 31.6 Å². The number of halogens is 4. The van der Waals surface area contributed by atoms with Gasteiger partial charge in [0.05, 0.1) is 37.9 Å². The number of nitrogens with two attached hydrogens (primary N) is 1. The van der Waals surface area contributed by atoms with E-state index in [4.69, 9.17) is 15.2 Å². The summed E-state index contributed by atoms with van der Waals surface area (Å²) in [6.45, 7) is 3.11. The van der Waals surface area contributed by atoms with Crippen molar-refractivity contribution >= 4 is 11.6 Å². The van der Waals surface area contributed by atoms with E-state index >= 15 is 0 Å². The van der Waals surface area contributed by atoms with E-state index in [1.54, 1.807) is 28.8 Å². The van der Waals surface area contributed by atoms with Crippen LogP contribution in [-0.2, 0) is 17.6 Å². The van der Waals surface area contributed by atoms with Crippen molar-refractivity contribution in [3.8, 4) is 17.0 Å². The molecule has 0 aliphatic rings. The number of benzene rings is 2. The van der Waals surface area contributed by atoms with Crippen molar-refractivity contribution < 1.29 is 31.8 Å². The smallest absolute Gasteiger partial charge is 0.251 e. The third-order valence-corrected chi connectivity index (χ3v) is 6.59. The summed E-state index contributed by atoms with van der Waals surface area (Å²) in [7, 11) is 1.26. The number of hydrogen-bond donors (Lipinski definition) is 2. The SMILES string of the molecule is COc1ccc(-c2cnc3c(C(C)Cc4ccc(C(=O)NCCOCCN)c(CC(F)F)c4)nccn23)c(F)c1F. The molecule has 218 valence electrons. The summed E-state index contributed by atoms with van der Waals surface area (Å²) in [5.41, 5.74) is 7.88. The fourth-order valence-electron chi connectivity index (χ4n) is 4.67. The fourth-order valence-corrected chi connectivity index (χ4v) is 4.67. The van der Waals surface area contributed by atoms with Gasteiger partial charge in [-0.05, 0) is 35.7 Å². The predicted octanol–water partition coefficient (Wildman–Crippen LogP) is 4.54. The lowest BCUT2D eigenvalue weighted by molar-refractivity contribution is 0.0917. The lowest BCUT2D eigenvalue weighted by Crippen LogP contribution is -2.29. The van der Waals surface area contributed by atoms with Crippen molar-refractivity contribution in [3.63, 3.8) is 0 Å². The van der Waals surface area contributed by atoms with Crippen LogP contribution in [0.3, 0.4) is 0 Å². The number of carbonyl (C=O) groups excluding carboxylic acids is 1. The first-order chi connectivity index (χ1) is 19.7. The first-order valence-electron chi connectivity index (χ1n) is 13.0. The van der Waals surface area contributed by atoms with Gasteiger partial charge in [0.25, 0.3) is 5.91 Å². The number of fused-ring (bicyclic) bond motifs is 1. The highest BCUT2D eigenvalue weighted by atomic mass is 19.3. The number of nitrogens with one attached hydrogen (secondary N) is 1. The zero-order valence-electron chi connectivity index (χ0n) is 22.7. The molecule has 2 aromatic heterocycles. The molecule has 41 heavy (non-hydrogen) atoms. The highest BCUT2D eigenvalue weighted by molar-refractivity contribution is 5.95. The quantitative estimate of drug-likeness (QED) is 0.180. The Balaban J connectivity index is 1.57. The Morgan fingerprint density at radius 1 is 1.10 bits per heavy atom. The molecule has 4 aromatic rings. The molecule has 12 heteroatoms. The first-order valence-corrected chi connectivity index (χ1v) is 13.0. The molecule has 2 aromatic carbocycles. The molecule has 0 fully saturated rings. The molecule has 1 amide bonds. The van der Waals surface area contributed by atoms with E-state index in [2.05, 4.69) is 15.3 Å². The Morgan fingerprint density at radius 3 is 2.63 bits per heavy atom. The highest BCUT2D eigenvalue weighted by Crippen LogP contribution is 2.32. The third kappa shape index (κ3) is 6.83. The van der Waals surface area contributed by atoms with E-state index in [1.807, 2.05) is 6.92 Å². The van der Waals surface area contributed by atoms with Crippen LogP contribution >= 0.6 is 0 Å². The number of hydrogen-bond acceptors (Lipinski definition) is 6. The van der Waals surface area contributed by atoms with Gasteiger partial charge >= 0.3 is 0 Å². The Bertz CT molecular complexity index is 1510. The van der Waals surface area contributed by atoms with Gasteiger partial charge in [0, 0.05) is 48.9 Å². The first kappa shape index (κ1) is 29.9. The summed E-state index contributed by atoms with van der Waals surface area (Å²) in [5.74, 6) is -3.06. The molecule has 0 bridgehead atoms. The zero-order valence-corrected chi connectivity index (χ0v) is 22.7. The van der Waals surface area contributed by atoms with Crippen molar-refractivity contribution in [2.24, 2.45) is 5.73 Å². The highest BCUT2D eigenvalue weighted by Gasteiger charge is 2.22. The van der Waals surface area contributed by atoms with Gasteiger partial charge < -0.3 is 20.5 Å². The molecule has 1 unspecified atom stereocenters. The Hall–Kier alpha value is -4.03. The molecule has 4 rings (SSSR count). The van der Waals surface area contributed by atoms with Crippen LogP contribution in [0.1, 0.15) is 40.0 Å². The van der Waals surface area contributed by atoms with Gasteiger partial charge in [0.1, 0.15) is 0 Å². The summed E-state index contributed by atoms with van der Waals surface area (Å²) in [6, 6.07) is 7.62. The Morgan fingerprint density at radius 2 is 1.90 bits per heavy atom. The number of nitrogens with zero attached hydrogens (tertiary/aromatic N) is 3. The number of carbonyl (C=O) groups is 1. The molecule has 0 saturated carbocycles. The van der Waals surface area contributed by atoms with Gasteiger partial charge in [-0.2, -0.15) is 4.39 Å². The van der Waals surface area contributed by atoms with Crippen molar-refractivity contribution in [3.05, 3.63) is 82.9 Å². The molecule has 0 spiro atoms. The fraction of sp³-hybridized carbons (Fsp3) is 0.345. The molecular weight excluding hydrogens is 542 g/mol. The maximum atomic E-state index is 14.8. The molecule has 0 saturated heterocycles. The van der Waals surface area contributed by atoms with E-state index < -0.39 is 30.4 Å². The molecule has 3 N–H and O–H groups in total. The number of methoxy groups -OCH3 is 1. The van der Waals surface area contributed by atoms with E-state index in [9.17, 15) is 22.4 Å². The molecule has 8 nitrogen and oxygen atoms in total. The van der Waals surface area contributed by atoms with Crippen LogP contribution in [0, 0.1) is 11.6 Å². The van der Waals surface area contributed by atoms with Crippen LogP contribution in [0.2, 0.25) is 0 Å². The molecule has 2 heterocycles. The van der Waals surface area contributed by atoms with Crippen molar-refractivity contribution in [2.45, 2.75) is 32.1 Å². The minimum Gasteiger partial charge on any atom is -0.494 e. The molecular formula is C29H31F4N5O3. The van der Waals surface area contributed by atoms with Crippen LogP contribution < -0.4 is 15.8 Å². The van der Waals surface area contributed by atoms with Gasteiger partial charge in [-0.15, -0.1) is 0 Å². The maximum absolute atomic E-state index is 14.8. The van der Waals surface area contributed by atoms with E-state index in [-0.39, 0.29) is 41.5 Å². The summed E-state index contributed by atoms with van der Waals surface area (Å²) in [5, 5.41) is 2.68. The second-order valence-corrected chi connectivity index (χ2v) is 9.44. The van der Waals surface area contributed by atoms with Crippen molar-refractivity contribution in [1.29, 1.82) is 0 Å². The van der Waals surface area contributed by atoms with Gasteiger partial charge in [0.2, 0.25) is 12.2 Å². The van der Waals surface area contributed by atoms with Crippen LogP contribution in [0.25, 0.3) is 16.9 Å². The number of rotatable bonds is 13. The Labute approximate surface area is 234 Å². The van der Waals surface area contributed by atoms with Crippen molar-refractivity contribution in [2.75, 3.05) is 33.4 Å². The van der Waals surface area contributed by atoms with E-state index in [0.717, 1.165) is 5.56 Å². The predicted molar refractivity (Wildman–Crippen MR) is 145 cm³/mol. The number of aromatic nitrogens is 3. The molecule has 0 aliphatic carbocycles. The van der Waals surface area contributed by atoms with Gasteiger partial charge in [-0.1, -0.05) is 19.1 Å². The van der Waals surface area contributed by atoms with Crippen LogP contribution in [0.5, 0.6) is 5.75 Å². The number of ether oxygens (including phenoxy) is 2. The largest absolute Gasteiger partial charge is 0.494 e. The number of amides is 1. The van der Waals surface area contributed by atoms with Crippen LogP contribution in [-0.4, -0.2) is 60.1 Å². The molecule has 1 atom stereocenters. The average Bonchev–Trinajstić information content (AvgIpc) is 3.38. The number of imidazole rings is 1. The van der Waals surface area contributed by atoms with Crippen LogP contribution in [0.4, 0.5) is 17.6 Å². The summed E-state index contributed by atoms with van der Waals surface area (Å²) >= 11 is 0. The lowest BCUT2D eigenvalue weighted by atomic mass is 9.93. The summed E-state index contributed by atoms with van der Waals surface area (Å²) < 4.78 is 67.7. The normalized spacial score (nSPS) is 12.2. The second kappa shape index (κ2) is 13.6.